The molecule has 1 aromatic carbocycles. The van der Waals surface area contributed by atoms with Crippen LogP contribution in [0.4, 0.5) is 0 Å². The summed E-state index contributed by atoms with van der Waals surface area (Å²) in [5.41, 5.74) is 5.47. The molecule has 0 aliphatic rings. The van der Waals surface area contributed by atoms with Crippen molar-refractivity contribution in [2.24, 2.45) is 5.73 Å². The molecule has 13 heavy (non-hydrogen) atoms. The van der Waals surface area contributed by atoms with E-state index in [4.69, 9.17) is 17.3 Å². The van der Waals surface area contributed by atoms with Crippen LogP contribution in [0.5, 0.6) is 0 Å². The molecule has 3 N–H and O–H groups in total. The van der Waals surface area contributed by atoms with Crippen LogP contribution in [0.2, 0.25) is 5.02 Å². The maximum atomic E-state index is 9.72. The molecule has 2 nitrogen and oxygen atoms in total. The van der Waals surface area contributed by atoms with E-state index in [0.29, 0.717) is 11.4 Å². The summed E-state index contributed by atoms with van der Waals surface area (Å²) in [4.78, 5) is 0. The molecule has 0 saturated carbocycles. The van der Waals surface area contributed by atoms with Gasteiger partial charge in [0.05, 0.1) is 5.60 Å². The topological polar surface area (TPSA) is 46.2 Å². The number of rotatable bonds is 3. The van der Waals surface area contributed by atoms with E-state index < -0.39 is 5.60 Å². The van der Waals surface area contributed by atoms with Gasteiger partial charge in [-0.1, -0.05) is 29.8 Å². The first-order valence-corrected chi connectivity index (χ1v) is 4.59. The van der Waals surface area contributed by atoms with Crippen LogP contribution in [0.15, 0.2) is 24.3 Å². The zero-order valence-electron chi connectivity index (χ0n) is 7.63. The molecular weight excluding hydrogens is 186 g/mol. The molecule has 1 atom stereocenters. The van der Waals surface area contributed by atoms with Crippen molar-refractivity contribution in [3.63, 3.8) is 0 Å². The fourth-order valence-corrected chi connectivity index (χ4v) is 1.33. The van der Waals surface area contributed by atoms with E-state index in [1.54, 1.807) is 6.92 Å². The third-order valence-corrected chi connectivity index (χ3v) is 2.34. The Labute approximate surface area is 83.3 Å². The van der Waals surface area contributed by atoms with Gasteiger partial charge < -0.3 is 10.8 Å². The first-order valence-electron chi connectivity index (χ1n) is 4.21. The van der Waals surface area contributed by atoms with Crippen LogP contribution in [0, 0.1) is 0 Å². The Morgan fingerprint density at radius 2 is 2.08 bits per heavy atom. The van der Waals surface area contributed by atoms with Crippen molar-refractivity contribution in [3.8, 4) is 0 Å². The monoisotopic (exact) mass is 199 g/mol. The summed E-state index contributed by atoms with van der Waals surface area (Å²) in [6, 6.07) is 7.47. The van der Waals surface area contributed by atoms with Gasteiger partial charge in [0, 0.05) is 18.0 Å². The van der Waals surface area contributed by atoms with E-state index >= 15 is 0 Å². The number of nitrogens with two attached hydrogens (primary N) is 1. The summed E-state index contributed by atoms with van der Waals surface area (Å²) in [5.74, 6) is 0. The highest BCUT2D eigenvalue weighted by atomic mass is 35.5. The third kappa shape index (κ3) is 2.99. The minimum absolute atomic E-state index is 0.234. The molecule has 0 aliphatic heterocycles. The minimum atomic E-state index is -0.870. The van der Waals surface area contributed by atoms with Crippen LogP contribution in [0.3, 0.4) is 0 Å². The number of hydrogen-bond acceptors (Lipinski definition) is 2. The van der Waals surface area contributed by atoms with Crippen LogP contribution in [-0.2, 0) is 6.42 Å². The van der Waals surface area contributed by atoms with Crippen LogP contribution in [-0.4, -0.2) is 17.3 Å². The largest absolute Gasteiger partial charge is 0.389 e. The molecule has 0 aliphatic carbocycles. The summed E-state index contributed by atoms with van der Waals surface area (Å²) >= 11 is 5.94. The maximum absolute atomic E-state index is 9.72. The van der Waals surface area contributed by atoms with Gasteiger partial charge in [0.15, 0.2) is 0 Å². The second-order valence-corrected chi connectivity index (χ2v) is 3.88. The van der Waals surface area contributed by atoms with E-state index in [-0.39, 0.29) is 6.54 Å². The highest BCUT2D eigenvalue weighted by Gasteiger charge is 2.19. The van der Waals surface area contributed by atoms with E-state index in [2.05, 4.69) is 0 Å². The van der Waals surface area contributed by atoms with Gasteiger partial charge in [-0.2, -0.15) is 0 Å². The van der Waals surface area contributed by atoms with E-state index in [0.717, 1.165) is 5.56 Å². The second kappa shape index (κ2) is 4.09. The molecule has 1 aromatic rings. The molecule has 0 heterocycles. The number of halogens is 1. The Balaban J connectivity index is 2.80. The lowest BCUT2D eigenvalue weighted by Gasteiger charge is -2.21. The number of hydrogen-bond donors (Lipinski definition) is 2. The Morgan fingerprint density at radius 3 is 2.62 bits per heavy atom. The van der Waals surface area contributed by atoms with E-state index in [9.17, 15) is 5.11 Å². The first kappa shape index (κ1) is 10.5. The smallest absolute Gasteiger partial charge is 0.0782 e. The molecule has 0 amide bonds. The van der Waals surface area contributed by atoms with Crippen molar-refractivity contribution in [1.82, 2.24) is 0 Å². The van der Waals surface area contributed by atoms with Gasteiger partial charge in [-0.15, -0.1) is 0 Å². The normalized spacial score (nSPS) is 15.4. The molecule has 0 fully saturated rings. The number of aliphatic hydroxyl groups is 1. The third-order valence-electron chi connectivity index (χ3n) is 1.97. The predicted molar refractivity (Wildman–Crippen MR) is 54.8 cm³/mol. The van der Waals surface area contributed by atoms with Gasteiger partial charge in [-0.05, 0) is 18.6 Å². The zero-order chi connectivity index (χ0) is 9.90. The van der Waals surface area contributed by atoms with Crippen molar-refractivity contribution >= 4 is 11.6 Å². The molecule has 1 unspecified atom stereocenters. The second-order valence-electron chi connectivity index (χ2n) is 3.47. The lowest BCUT2D eigenvalue weighted by atomic mass is 9.97. The first-order chi connectivity index (χ1) is 6.05. The van der Waals surface area contributed by atoms with Crippen LogP contribution >= 0.6 is 11.6 Å². The van der Waals surface area contributed by atoms with Gasteiger partial charge in [0.2, 0.25) is 0 Å². The molecule has 0 aromatic heterocycles. The predicted octanol–water partition coefficient (Wildman–Crippen LogP) is 1.59. The van der Waals surface area contributed by atoms with E-state index in [1.165, 1.54) is 0 Å². The fourth-order valence-electron chi connectivity index (χ4n) is 1.12. The number of benzene rings is 1. The summed E-state index contributed by atoms with van der Waals surface area (Å²) in [7, 11) is 0. The van der Waals surface area contributed by atoms with E-state index in [1.807, 2.05) is 24.3 Å². The molecule has 0 bridgehead atoms. The standard InChI is InChI=1S/C10H14ClNO/c1-10(13,7-12)6-8-4-2-3-5-9(8)11/h2-5,13H,6-7,12H2,1H3. The average Bonchev–Trinajstić information content (AvgIpc) is 2.09. The van der Waals surface area contributed by atoms with Gasteiger partial charge in [0.25, 0.3) is 0 Å². The van der Waals surface area contributed by atoms with Crippen LogP contribution in [0.1, 0.15) is 12.5 Å². The molecular formula is C10H14ClNO. The van der Waals surface area contributed by atoms with Crippen molar-refractivity contribution in [2.45, 2.75) is 18.9 Å². The molecule has 1 rings (SSSR count). The maximum Gasteiger partial charge on any atom is 0.0782 e. The Morgan fingerprint density at radius 1 is 1.46 bits per heavy atom. The van der Waals surface area contributed by atoms with Crippen LogP contribution in [0.25, 0.3) is 0 Å². The summed E-state index contributed by atoms with van der Waals surface area (Å²) in [5, 5.41) is 10.4. The summed E-state index contributed by atoms with van der Waals surface area (Å²) in [6.45, 7) is 1.94. The molecule has 0 saturated heterocycles. The average molecular weight is 200 g/mol. The Kier molecular flexibility index (Phi) is 3.31. The van der Waals surface area contributed by atoms with Crippen LogP contribution < -0.4 is 5.73 Å². The SMILES string of the molecule is CC(O)(CN)Cc1ccccc1Cl. The molecule has 3 heteroatoms. The fraction of sp³-hybridized carbons (Fsp3) is 0.400. The Hall–Kier alpha value is -0.570. The van der Waals surface area contributed by atoms with Crippen molar-refractivity contribution < 1.29 is 5.11 Å². The van der Waals surface area contributed by atoms with Gasteiger partial charge in [-0.25, -0.2) is 0 Å². The summed E-state index contributed by atoms with van der Waals surface area (Å²) < 4.78 is 0. The van der Waals surface area contributed by atoms with Gasteiger partial charge in [0.1, 0.15) is 0 Å². The molecule has 0 spiro atoms. The van der Waals surface area contributed by atoms with Crippen molar-refractivity contribution in [1.29, 1.82) is 0 Å². The molecule has 0 radical (unpaired) electrons. The van der Waals surface area contributed by atoms with Crippen molar-refractivity contribution in [3.05, 3.63) is 34.9 Å². The molecule has 72 valence electrons. The quantitative estimate of drug-likeness (QED) is 0.777. The van der Waals surface area contributed by atoms with Gasteiger partial charge in [-0.3, -0.25) is 0 Å². The minimum Gasteiger partial charge on any atom is -0.389 e. The van der Waals surface area contributed by atoms with Crippen molar-refractivity contribution in [2.75, 3.05) is 6.54 Å². The lowest BCUT2D eigenvalue weighted by Crippen LogP contribution is -2.36. The lowest BCUT2D eigenvalue weighted by molar-refractivity contribution is 0.0697. The highest BCUT2D eigenvalue weighted by Crippen LogP contribution is 2.20. The zero-order valence-corrected chi connectivity index (χ0v) is 8.38. The Bertz CT molecular complexity index is 286. The highest BCUT2D eigenvalue weighted by molar-refractivity contribution is 6.31. The summed E-state index contributed by atoms with van der Waals surface area (Å²) in [6.07, 6.45) is 0.489. The van der Waals surface area contributed by atoms with Gasteiger partial charge >= 0.3 is 0 Å².